The molecule has 0 saturated heterocycles. The van der Waals surface area contributed by atoms with E-state index in [-0.39, 0.29) is 17.9 Å². The Bertz CT molecular complexity index is 557. The zero-order chi connectivity index (χ0) is 15.9. The van der Waals surface area contributed by atoms with Gasteiger partial charge in [0.05, 0.1) is 13.2 Å². The molecule has 1 aromatic carbocycles. The molecule has 22 heavy (non-hydrogen) atoms. The Morgan fingerprint density at radius 1 is 1.36 bits per heavy atom. The first kappa shape index (κ1) is 16.2. The highest BCUT2D eigenvalue weighted by atomic mass is 16.5. The van der Waals surface area contributed by atoms with Crippen LogP contribution in [0.2, 0.25) is 0 Å². The van der Waals surface area contributed by atoms with E-state index in [9.17, 15) is 9.59 Å². The van der Waals surface area contributed by atoms with Gasteiger partial charge in [-0.15, -0.1) is 0 Å². The van der Waals surface area contributed by atoms with Crippen LogP contribution < -0.4 is 5.32 Å². The van der Waals surface area contributed by atoms with Gasteiger partial charge in [0.15, 0.2) is 0 Å². The van der Waals surface area contributed by atoms with Gasteiger partial charge in [0.25, 0.3) is 5.91 Å². The minimum Gasteiger partial charge on any atom is -0.383 e. The first-order valence-electron chi connectivity index (χ1n) is 7.31. The van der Waals surface area contributed by atoms with Gasteiger partial charge in [-0.05, 0) is 12.5 Å². The molecule has 0 fully saturated rings. The normalized spacial score (nSPS) is 16.2. The van der Waals surface area contributed by atoms with Crippen molar-refractivity contribution in [2.75, 3.05) is 13.7 Å². The molecule has 1 N–H and O–H groups in total. The third-order valence-corrected chi connectivity index (χ3v) is 3.34. The fourth-order valence-corrected chi connectivity index (χ4v) is 2.24. The Balaban J connectivity index is 2.04. The van der Waals surface area contributed by atoms with Crippen molar-refractivity contribution < 1.29 is 14.3 Å². The van der Waals surface area contributed by atoms with Crippen molar-refractivity contribution >= 4 is 17.5 Å². The first-order valence-corrected chi connectivity index (χ1v) is 7.31. The Hall–Kier alpha value is -2.21. The van der Waals surface area contributed by atoms with Crippen LogP contribution in [-0.2, 0) is 20.9 Å². The monoisotopic (exact) mass is 303 g/mol. The van der Waals surface area contributed by atoms with E-state index < -0.39 is 0 Å². The SMILES string of the molecule is COC[C@@H](C)NC(=O)C1=NN(Cc2ccccc2)C(=O)CC1. The maximum Gasteiger partial charge on any atom is 0.267 e. The van der Waals surface area contributed by atoms with E-state index in [4.69, 9.17) is 4.74 Å². The summed E-state index contributed by atoms with van der Waals surface area (Å²) in [4.78, 5) is 24.1. The van der Waals surface area contributed by atoms with Crippen LogP contribution >= 0.6 is 0 Å². The summed E-state index contributed by atoms with van der Waals surface area (Å²) in [5.41, 5.74) is 1.37. The summed E-state index contributed by atoms with van der Waals surface area (Å²) in [6.07, 6.45) is 0.674. The number of carbonyl (C=O) groups is 2. The van der Waals surface area contributed by atoms with Crippen molar-refractivity contribution in [3.05, 3.63) is 35.9 Å². The van der Waals surface area contributed by atoms with Gasteiger partial charge in [-0.1, -0.05) is 30.3 Å². The Kier molecular flexibility index (Phi) is 5.66. The average molecular weight is 303 g/mol. The van der Waals surface area contributed by atoms with Crippen LogP contribution in [0.15, 0.2) is 35.4 Å². The van der Waals surface area contributed by atoms with Gasteiger partial charge in [-0.3, -0.25) is 9.59 Å². The first-order chi connectivity index (χ1) is 10.6. The fourth-order valence-electron chi connectivity index (χ4n) is 2.24. The molecule has 1 atom stereocenters. The van der Waals surface area contributed by atoms with Gasteiger partial charge >= 0.3 is 0 Å². The molecule has 1 aromatic rings. The lowest BCUT2D eigenvalue weighted by Gasteiger charge is -2.24. The summed E-state index contributed by atoms with van der Waals surface area (Å²) in [6.45, 7) is 2.67. The standard InChI is InChI=1S/C16H21N3O3/c1-12(11-22-2)17-16(21)14-8-9-15(20)19(18-14)10-13-6-4-3-5-7-13/h3-7,12H,8-11H2,1-2H3,(H,17,21)/t12-/m1/s1. The number of rotatable bonds is 6. The van der Waals surface area contributed by atoms with Crippen LogP contribution in [-0.4, -0.2) is 42.3 Å². The lowest BCUT2D eigenvalue weighted by molar-refractivity contribution is -0.132. The maximum atomic E-state index is 12.2. The van der Waals surface area contributed by atoms with Gasteiger partial charge in [0.1, 0.15) is 5.71 Å². The molecule has 0 unspecified atom stereocenters. The fraction of sp³-hybridized carbons (Fsp3) is 0.438. The number of hydrogen-bond donors (Lipinski definition) is 1. The Labute approximate surface area is 130 Å². The van der Waals surface area contributed by atoms with E-state index in [1.54, 1.807) is 7.11 Å². The highest BCUT2D eigenvalue weighted by Gasteiger charge is 2.25. The topological polar surface area (TPSA) is 71.0 Å². The van der Waals surface area contributed by atoms with E-state index in [2.05, 4.69) is 10.4 Å². The van der Waals surface area contributed by atoms with E-state index in [0.29, 0.717) is 31.7 Å². The van der Waals surface area contributed by atoms with Gasteiger partial charge in [0.2, 0.25) is 5.91 Å². The number of ether oxygens (including phenoxy) is 1. The molecule has 1 aliphatic rings. The molecule has 118 valence electrons. The van der Waals surface area contributed by atoms with Crippen molar-refractivity contribution in [1.82, 2.24) is 10.3 Å². The quantitative estimate of drug-likeness (QED) is 0.861. The molecule has 0 bridgehead atoms. The van der Waals surface area contributed by atoms with Crippen LogP contribution in [0.4, 0.5) is 0 Å². The van der Waals surface area contributed by atoms with Crippen molar-refractivity contribution in [3.63, 3.8) is 0 Å². The zero-order valence-electron chi connectivity index (χ0n) is 12.9. The van der Waals surface area contributed by atoms with Crippen LogP contribution in [0.3, 0.4) is 0 Å². The van der Waals surface area contributed by atoms with Crippen molar-refractivity contribution in [1.29, 1.82) is 0 Å². The summed E-state index contributed by atoms with van der Waals surface area (Å²) in [7, 11) is 1.58. The third-order valence-electron chi connectivity index (χ3n) is 3.34. The lowest BCUT2D eigenvalue weighted by Crippen LogP contribution is -2.43. The number of carbonyl (C=O) groups excluding carboxylic acids is 2. The second kappa shape index (κ2) is 7.70. The van der Waals surface area contributed by atoms with Crippen LogP contribution in [0.1, 0.15) is 25.3 Å². The van der Waals surface area contributed by atoms with Crippen LogP contribution in [0.25, 0.3) is 0 Å². The lowest BCUT2D eigenvalue weighted by atomic mass is 10.1. The molecule has 1 aliphatic heterocycles. The second-order valence-electron chi connectivity index (χ2n) is 5.31. The minimum atomic E-state index is -0.241. The molecule has 0 aliphatic carbocycles. The van der Waals surface area contributed by atoms with E-state index in [1.165, 1.54) is 5.01 Å². The molecule has 1 heterocycles. The molecular formula is C16H21N3O3. The molecule has 0 radical (unpaired) electrons. The number of hydrazone groups is 1. The molecular weight excluding hydrogens is 282 g/mol. The number of benzene rings is 1. The average Bonchev–Trinajstić information content (AvgIpc) is 2.50. The summed E-state index contributed by atoms with van der Waals surface area (Å²) < 4.78 is 4.99. The predicted molar refractivity (Wildman–Crippen MR) is 83.1 cm³/mol. The molecule has 6 nitrogen and oxygen atoms in total. The molecule has 2 amide bonds. The second-order valence-corrected chi connectivity index (χ2v) is 5.31. The van der Waals surface area contributed by atoms with E-state index in [0.717, 1.165) is 5.56 Å². The molecule has 0 saturated carbocycles. The predicted octanol–water partition coefficient (Wildman–Crippen LogP) is 1.32. The van der Waals surface area contributed by atoms with Crippen LogP contribution in [0.5, 0.6) is 0 Å². The van der Waals surface area contributed by atoms with Crippen molar-refractivity contribution in [2.45, 2.75) is 32.4 Å². The summed E-state index contributed by atoms with van der Waals surface area (Å²) in [5.74, 6) is -0.305. The van der Waals surface area contributed by atoms with Crippen molar-refractivity contribution in [2.24, 2.45) is 5.10 Å². The van der Waals surface area contributed by atoms with Gasteiger partial charge < -0.3 is 10.1 Å². The Morgan fingerprint density at radius 3 is 2.77 bits per heavy atom. The number of hydrogen-bond acceptors (Lipinski definition) is 4. The summed E-state index contributed by atoms with van der Waals surface area (Å²) in [6, 6.07) is 9.50. The molecule has 6 heteroatoms. The zero-order valence-corrected chi connectivity index (χ0v) is 12.9. The van der Waals surface area contributed by atoms with E-state index >= 15 is 0 Å². The molecule has 2 rings (SSSR count). The van der Waals surface area contributed by atoms with Gasteiger partial charge in [0, 0.05) is 26.0 Å². The minimum absolute atomic E-state index is 0.0645. The number of amides is 2. The third kappa shape index (κ3) is 4.39. The molecule has 0 aromatic heterocycles. The van der Waals surface area contributed by atoms with Gasteiger partial charge in [-0.25, -0.2) is 5.01 Å². The number of nitrogens with one attached hydrogen (secondary N) is 1. The summed E-state index contributed by atoms with van der Waals surface area (Å²) >= 11 is 0. The number of methoxy groups -OCH3 is 1. The van der Waals surface area contributed by atoms with E-state index in [1.807, 2.05) is 37.3 Å². The number of nitrogens with zero attached hydrogens (tertiary/aromatic N) is 2. The van der Waals surface area contributed by atoms with Gasteiger partial charge in [-0.2, -0.15) is 5.10 Å². The summed E-state index contributed by atoms with van der Waals surface area (Å²) in [5, 5.41) is 8.41. The highest BCUT2D eigenvalue weighted by Crippen LogP contribution is 2.13. The Morgan fingerprint density at radius 2 is 2.09 bits per heavy atom. The highest BCUT2D eigenvalue weighted by molar-refractivity contribution is 6.39. The van der Waals surface area contributed by atoms with Crippen LogP contribution in [0, 0.1) is 0 Å². The maximum absolute atomic E-state index is 12.2. The largest absolute Gasteiger partial charge is 0.383 e. The smallest absolute Gasteiger partial charge is 0.267 e. The van der Waals surface area contributed by atoms with Crippen molar-refractivity contribution in [3.8, 4) is 0 Å². The molecule has 0 spiro atoms.